The molecule has 0 spiro atoms. The molecule has 13 heavy (non-hydrogen) atoms. The highest BCUT2D eigenvalue weighted by Gasteiger charge is 1.96. The highest BCUT2D eigenvalue weighted by Crippen LogP contribution is 2.19. The molecule has 0 heterocycles. The molecule has 0 bridgehead atoms. The number of rotatable bonds is 2. The zero-order chi connectivity index (χ0) is 9.84. The van der Waals surface area contributed by atoms with Gasteiger partial charge < -0.3 is 5.11 Å². The predicted molar refractivity (Wildman–Crippen MR) is 55.3 cm³/mol. The van der Waals surface area contributed by atoms with Gasteiger partial charge in [0, 0.05) is 10.5 Å². The van der Waals surface area contributed by atoms with Crippen LogP contribution in [0.1, 0.15) is 11.1 Å². The van der Waals surface area contributed by atoms with Crippen LogP contribution >= 0.6 is 15.9 Å². The summed E-state index contributed by atoms with van der Waals surface area (Å²) in [4.78, 5) is 10.2. The lowest BCUT2D eigenvalue weighted by Crippen LogP contribution is -1.86. The molecular weight excluding hydrogens is 232 g/mol. The van der Waals surface area contributed by atoms with Crippen molar-refractivity contribution >= 4 is 28.0 Å². The first-order valence-electron chi connectivity index (χ1n) is 3.62. The maximum Gasteiger partial charge on any atom is 0.328 e. The highest BCUT2D eigenvalue weighted by atomic mass is 79.9. The van der Waals surface area contributed by atoms with Gasteiger partial charge in [0.2, 0.25) is 0 Å². The van der Waals surface area contributed by atoms with E-state index < -0.39 is 5.97 Å². The molecule has 0 saturated heterocycles. The molecule has 0 aliphatic heterocycles. The first-order valence-corrected chi connectivity index (χ1v) is 4.41. The maximum atomic E-state index is 10.2. The van der Waals surface area contributed by atoms with Gasteiger partial charge >= 0.3 is 5.97 Å². The van der Waals surface area contributed by atoms with Gasteiger partial charge in [-0.2, -0.15) is 0 Å². The number of carbonyl (C=O) groups is 1. The SMILES string of the molecule is [CH2]c1ccc(C=CC(=O)O)c(Br)c1. The van der Waals surface area contributed by atoms with Crippen molar-refractivity contribution in [2.45, 2.75) is 0 Å². The Morgan fingerprint density at radius 3 is 2.77 bits per heavy atom. The maximum absolute atomic E-state index is 10.2. The highest BCUT2D eigenvalue weighted by molar-refractivity contribution is 9.10. The Kier molecular flexibility index (Phi) is 3.25. The Hall–Kier alpha value is -1.09. The summed E-state index contributed by atoms with van der Waals surface area (Å²) in [6.07, 6.45) is 2.63. The number of carboxylic acid groups (broad SMARTS) is 1. The van der Waals surface area contributed by atoms with Crippen molar-refractivity contribution in [1.82, 2.24) is 0 Å². The summed E-state index contributed by atoms with van der Waals surface area (Å²) in [6, 6.07) is 5.47. The number of benzene rings is 1. The molecule has 0 aliphatic carbocycles. The van der Waals surface area contributed by atoms with E-state index in [9.17, 15) is 4.79 Å². The lowest BCUT2D eigenvalue weighted by atomic mass is 10.1. The van der Waals surface area contributed by atoms with Crippen LogP contribution in [-0.2, 0) is 4.79 Å². The van der Waals surface area contributed by atoms with Crippen LogP contribution in [0, 0.1) is 6.92 Å². The van der Waals surface area contributed by atoms with Crippen molar-refractivity contribution in [3.8, 4) is 0 Å². The van der Waals surface area contributed by atoms with E-state index >= 15 is 0 Å². The molecule has 3 heteroatoms. The monoisotopic (exact) mass is 239 g/mol. The Morgan fingerprint density at radius 2 is 2.23 bits per heavy atom. The zero-order valence-corrected chi connectivity index (χ0v) is 8.41. The van der Waals surface area contributed by atoms with Crippen molar-refractivity contribution < 1.29 is 9.90 Å². The molecule has 0 atom stereocenters. The molecule has 1 radical (unpaired) electrons. The number of hydrogen-bond acceptors (Lipinski definition) is 1. The third kappa shape index (κ3) is 3.03. The molecule has 1 rings (SSSR count). The fraction of sp³-hybridized carbons (Fsp3) is 0. The molecule has 1 aromatic rings. The average Bonchev–Trinajstić information content (AvgIpc) is 2.02. The second-order valence-electron chi connectivity index (χ2n) is 2.53. The van der Waals surface area contributed by atoms with Crippen molar-refractivity contribution in [2.75, 3.05) is 0 Å². The van der Waals surface area contributed by atoms with Crippen LogP contribution < -0.4 is 0 Å². The third-order valence-corrected chi connectivity index (χ3v) is 2.16. The van der Waals surface area contributed by atoms with Crippen LogP contribution in [-0.4, -0.2) is 11.1 Å². The van der Waals surface area contributed by atoms with Crippen LogP contribution in [0.4, 0.5) is 0 Å². The fourth-order valence-electron chi connectivity index (χ4n) is 0.867. The van der Waals surface area contributed by atoms with Gasteiger partial charge in [0.05, 0.1) is 0 Å². The lowest BCUT2D eigenvalue weighted by Gasteiger charge is -1.98. The van der Waals surface area contributed by atoms with Crippen LogP contribution in [0.2, 0.25) is 0 Å². The fourth-order valence-corrected chi connectivity index (χ4v) is 1.43. The van der Waals surface area contributed by atoms with Gasteiger partial charge in [-0.15, -0.1) is 0 Å². The van der Waals surface area contributed by atoms with Gasteiger partial charge in [0.1, 0.15) is 0 Å². The molecule has 0 unspecified atom stereocenters. The zero-order valence-electron chi connectivity index (χ0n) is 6.83. The van der Waals surface area contributed by atoms with Gasteiger partial charge in [0.25, 0.3) is 0 Å². The van der Waals surface area contributed by atoms with Gasteiger partial charge in [0.15, 0.2) is 0 Å². The minimum absolute atomic E-state index is 0.829. The van der Waals surface area contributed by atoms with E-state index in [1.54, 1.807) is 0 Å². The van der Waals surface area contributed by atoms with Crippen LogP contribution in [0.15, 0.2) is 28.7 Å². The Morgan fingerprint density at radius 1 is 1.54 bits per heavy atom. The van der Waals surface area contributed by atoms with Crippen LogP contribution in [0.25, 0.3) is 6.08 Å². The number of carboxylic acids is 1. The minimum Gasteiger partial charge on any atom is -0.478 e. The molecule has 1 N–H and O–H groups in total. The van der Waals surface area contributed by atoms with Crippen molar-refractivity contribution in [2.24, 2.45) is 0 Å². The number of hydrogen-bond donors (Lipinski definition) is 1. The Balaban J connectivity index is 2.96. The minimum atomic E-state index is -0.953. The quantitative estimate of drug-likeness (QED) is 0.807. The topological polar surface area (TPSA) is 37.3 Å². The molecule has 67 valence electrons. The first-order chi connectivity index (χ1) is 6.09. The standard InChI is InChI=1S/C10H8BrO2/c1-7-2-3-8(9(11)6-7)4-5-10(12)13/h2-6H,1H2,(H,12,13). The molecule has 0 aliphatic rings. The predicted octanol–water partition coefficient (Wildman–Crippen LogP) is 2.73. The normalized spacial score (nSPS) is 10.6. The summed E-state index contributed by atoms with van der Waals surface area (Å²) in [5.74, 6) is -0.953. The van der Waals surface area contributed by atoms with Gasteiger partial charge in [-0.3, -0.25) is 0 Å². The van der Waals surface area contributed by atoms with E-state index in [2.05, 4.69) is 22.9 Å². The van der Waals surface area contributed by atoms with Gasteiger partial charge in [-0.25, -0.2) is 4.79 Å². The van der Waals surface area contributed by atoms with Crippen molar-refractivity contribution in [3.05, 3.63) is 46.8 Å². The summed E-state index contributed by atoms with van der Waals surface area (Å²) in [6.45, 7) is 3.75. The molecular formula is C10H8BrO2. The Labute approximate surface area is 85.0 Å². The molecule has 0 amide bonds. The average molecular weight is 240 g/mol. The first kappa shape index (κ1) is 9.99. The molecule has 1 aromatic carbocycles. The van der Waals surface area contributed by atoms with E-state index in [4.69, 9.17) is 5.11 Å². The second-order valence-corrected chi connectivity index (χ2v) is 3.38. The lowest BCUT2D eigenvalue weighted by molar-refractivity contribution is -0.131. The smallest absolute Gasteiger partial charge is 0.328 e. The van der Waals surface area contributed by atoms with E-state index in [0.29, 0.717) is 0 Å². The molecule has 2 nitrogen and oxygen atoms in total. The number of aliphatic carboxylic acids is 1. The molecule has 0 fully saturated rings. The van der Waals surface area contributed by atoms with Crippen LogP contribution in [0.5, 0.6) is 0 Å². The van der Waals surface area contributed by atoms with Crippen molar-refractivity contribution in [3.63, 3.8) is 0 Å². The summed E-state index contributed by atoms with van der Waals surface area (Å²) in [5, 5.41) is 8.41. The van der Waals surface area contributed by atoms with Gasteiger partial charge in [-0.1, -0.05) is 28.1 Å². The van der Waals surface area contributed by atoms with Gasteiger partial charge in [-0.05, 0) is 30.2 Å². The van der Waals surface area contributed by atoms with E-state index in [0.717, 1.165) is 21.7 Å². The second kappa shape index (κ2) is 4.23. The largest absolute Gasteiger partial charge is 0.478 e. The number of halogens is 1. The Bertz CT molecular complexity index is 356. The van der Waals surface area contributed by atoms with Crippen LogP contribution in [0.3, 0.4) is 0 Å². The van der Waals surface area contributed by atoms with E-state index in [1.165, 1.54) is 6.08 Å². The van der Waals surface area contributed by atoms with E-state index in [-0.39, 0.29) is 0 Å². The summed E-state index contributed by atoms with van der Waals surface area (Å²) in [7, 11) is 0. The summed E-state index contributed by atoms with van der Waals surface area (Å²) >= 11 is 3.31. The van der Waals surface area contributed by atoms with Crippen molar-refractivity contribution in [1.29, 1.82) is 0 Å². The molecule has 0 saturated carbocycles. The summed E-state index contributed by atoms with van der Waals surface area (Å²) in [5.41, 5.74) is 1.72. The molecule has 0 aromatic heterocycles. The van der Waals surface area contributed by atoms with E-state index in [1.807, 2.05) is 18.2 Å². The summed E-state index contributed by atoms with van der Waals surface area (Å²) < 4.78 is 0.845. The third-order valence-electron chi connectivity index (χ3n) is 1.47.